The molecule has 0 heterocycles. The van der Waals surface area contributed by atoms with E-state index in [0.29, 0.717) is 13.1 Å². The molecule has 0 spiro atoms. The van der Waals surface area contributed by atoms with E-state index in [1.807, 2.05) is 13.8 Å². The lowest BCUT2D eigenvalue weighted by Crippen LogP contribution is -2.23. The summed E-state index contributed by atoms with van der Waals surface area (Å²) in [6.07, 6.45) is 1.54. The average Bonchev–Trinajstić information content (AvgIpc) is 2.31. The first-order valence-electron chi connectivity index (χ1n) is 5.61. The van der Waals surface area contributed by atoms with E-state index < -0.39 is 0 Å². The lowest BCUT2D eigenvalue weighted by molar-refractivity contribution is 0.293. The van der Waals surface area contributed by atoms with Gasteiger partial charge in [-0.25, -0.2) is 0 Å². The molecule has 0 bridgehead atoms. The van der Waals surface area contributed by atoms with Crippen molar-refractivity contribution in [3.8, 4) is 0 Å². The molecule has 0 aliphatic carbocycles. The summed E-state index contributed by atoms with van der Waals surface area (Å²) in [7, 11) is 0. The van der Waals surface area contributed by atoms with Crippen molar-refractivity contribution in [2.24, 2.45) is 10.2 Å². The third-order valence-corrected chi connectivity index (χ3v) is 1.88. The Kier molecular flexibility index (Phi) is 9.64. The Labute approximate surface area is 96.4 Å². The van der Waals surface area contributed by atoms with Gasteiger partial charge in [-0.1, -0.05) is 13.8 Å². The zero-order valence-electron chi connectivity index (χ0n) is 10.0. The molecule has 0 atom stereocenters. The van der Waals surface area contributed by atoms with Gasteiger partial charge in [0.15, 0.2) is 0 Å². The van der Waals surface area contributed by atoms with Gasteiger partial charge in [-0.2, -0.15) is 10.2 Å². The maximum Gasteiger partial charge on any atom is 0.0832 e. The van der Waals surface area contributed by atoms with Gasteiger partial charge in [0.1, 0.15) is 0 Å². The second-order valence-corrected chi connectivity index (χ2v) is 3.09. The van der Waals surface area contributed by atoms with Crippen LogP contribution < -0.4 is 10.9 Å². The molecule has 0 aromatic carbocycles. The summed E-state index contributed by atoms with van der Waals surface area (Å²) in [6.45, 7) is 4.98. The summed E-state index contributed by atoms with van der Waals surface area (Å²) >= 11 is 0. The molecule has 0 aromatic heterocycles. The van der Waals surface area contributed by atoms with E-state index in [1.165, 1.54) is 0 Å². The maximum atomic E-state index is 8.62. The Morgan fingerprint density at radius 3 is 1.50 bits per heavy atom. The molecule has 4 N–H and O–H groups in total. The highest BCUT2D eigenvalue weighted by atomic mass is 16.3. The van der Waals surface area contributed by atoms with Gasteiger partial charge in [0.2, 0.25) is 0 Å². The molecule has 0 aliphatic rings. The Bertz CT molecular complexity index is 205. The largest absolute Gasteiger partial charge is 0.394 e. The molecular weight excluding hydrogens is 208 g/mol. The zero-order valence-corrected chi connectivity index (χ0v) is 10.0. The van der Waals surface area contributed by atoms with Crippen molar-refractivity contribution in [3.05, 3.63) is 0 Å². The molecule has 6 nitrogen and oxygen atoms in total. The number of hydrogen-bond acceptors (Lipinski definition) is 6. The number of aliphatic hydroxyl groups is 2. The molecule has 0 fully saturated rings. The summed E-state index contributed by atoms with van der Waals surface area (Å²) in [6, 6.07) is 0. The van der Waals surface area contributed by atoms with Crippen molar-refractivity contribution >= 4 is 11.4 Å². The van der Waals surface area contributed by atoms with E-state index in [-0.39, 0.29) is 13.2 Å². The molecule has 0 amide bonds. The fourth-order valence-corrected chi connectivity index (χ4v) is 1.10. The third kappa shape index (κ3) is 6.36. The van der Waals surface area contributed by atoms with Crippen LogP contribution in [0.25, 0.3) is 0 Å². The van der Waals surface area contributed by atoms with E-state index in [2.05, 4.69) is 21.1 Å². The fourth-order valence-electron chi connectivity index (χ4n) is 1.10. The van der Waals surface area contributed by atoms with Gasteiger partial charge in [-0.15, -0.1) is 0 Å². The summed E-state index contributed by atoms with van der Waals surface area (Å²) in [4.78, 5) is 0. The Morgan fingerprint density at radius 1 is 0.875 bits per heavy atom. The van der Waals surface area contributed by atoms with Crippen LogP contribution in [0.3, 0.4) is 0 Å². The van der Waals surface area contributed by atoms with Gasteiger partial charge < -0.3 is 21.1 Å². The van der Waals surface area contributed by atoms with Gasteiger partial charge in [0, 0.05) is 0 Å². The van der Waals surface area contributed by atoms with Crippen molar-refractivity contribution in [2.45, 2.75) is 26.7 Å². The quantitative estimate of drug-likeness (QED) is 0.248. The topological polar surface area (TPSA) is 89.2 Å². The first-order valence-corrected chi connectivity index (χ1v) is 5.61. The van der Waals surface area contributed by atoms with Gasteiger partial charge >= 0.3 is 0 Å². The smallest absolute Gasteiger partial charge is 0.0832 e. The van der Waals surface area contributed by atoms with Crippen LogP contribution in [0.2, 0.25) is 0 Å². The number of rotatable bonds is 9. The van der Waals surface area contributed by atoms with E-state index in [1.54, 1.807) is 0 Å². The van der Waals surface area contributed by atoms with Gasteiger partial charge in [-0.3, -0.25) is 0 Å². The van der Waals surface area contributed by atoms with Crippen LogP contribution in [0, 0.1) is 0 Å². The molecule has 0 aromatic rings. The summed E-state index contributed by atoms with van der Waals surface area (Å²) in [5, 5.41) is 25.5. The van der Waals surface area contributed by atoms with Crippen LogP contribution in [0.5, 0.6) is 0 Å². The highest BCUT2D eigenvalue weighted by Gasteiger charge is 2.04. The molecule has 6 heteroatoms. The maximum absolute atomic E-state index is 8.62. The molecular formula is C10H22N4O2. The Morgan fingerprint density at radius 2 is 1.25 bits per heavy atom. The van der Waals surface area contributed by atoms with Crippen molar-refractivity contribution in [3.63, 3.8) is 0 Å². The van der Waals surface area contributed by atoms with Gasteiger partial charge in [0.05, 0.1) is 37.7 Å². The normalized spacial score (nSPS) is 12.8. The highest BCUT2D eigenvalue weighted by molar-refractivity contribution is 6.42. The van der Waals surface area contributed by atoms with E-state index >= 15 is 0 Å². The Hall–Kier alpha value is -1.14. The van der Waals surface area contributed by atoms with Crippen LogP contribution in [0.1, 0.15) is 26.7 Å². The van der Waals surface area contributed by atoms with E-state index in [0.717, 1.165) is 24.3 Å². The Balaban J connectivity index is 4.36. The molecule has 0 saturated carbocycles. The minimum Gasteiger partial charge on any atom is -0.394 e. The molecule has 0 radical (unpaired) electrons. The molecule has 16 heavy (non-hydrogen) atoms. The number of nitrogens with one attached hydrogen (secondary N) is 2. The molecule has 0 rings (SSSR count). The molecule has 0 saturated heterocycles. The van der Waals surface area contributed by atoms with E-state index in [9.17, 15) is 0 Å². The molecule has 94 valence electrons. The van der Waals surface area contributed by atoms with Crippen molar-refractivity contribution in [2.75, 3.05) is 26.3 Å². The lowest BCUT2D eigenvalue weighted by atomic mass is 10.1. The van der Waals surface area contributed by atoms with Gasteiger partial charge in [-0.05, 0) is 12.8 Å². The van der Waals surface area contributed by atoms with Crippen LogP contribution in [0.15, 0.2) is 10.2 Å². The van der Waals surface area contributed by atoms with Crippen molar-refractivity contribution in [1.29, 1.82) is 0 Å². The summed E-state index contributed by atoms with van der Waals surface area (Å²) < 4.78 is 0. The van der Waals surface area contributed by atoms with Gasteiger partial charge in [0.25, 0.3) is 0 Å². The number of hydrazone groups is 2. The fraction of sp³-hybridized carbons (Fsp3) is 0.800. The predicted molar refractivity (Wildman–Crippen MR) is 65.6 cm³/mol. The highest BCUT2D eigenvalue weighted by Crippen LogP contribution is 1.94. The van der Waals surface area contributed by atoms with Crippen LogP contribution >= 0.6 is 0 Å². The minimum atomic E-state index is 0.0574. The summed E-state index contributed by atoms with van der Waals surface area (Å²) in [5.41, 5.74) is 7.27. The first kappa shape index (κ1) is 14.9. The third-order valence-electron chi connectivity index (χ3n) is 1.88. The molecule has 0 unspecified atom stereocenters. The first-order chi connectivity index (χ1) is 7.79. The second-order valence-electron chi connectivity index (χ2n) is 3.09. The van der Waals surface area contributed by atoms with Crippen molar-refractivity contribution in [1.82, 2.24) is 10.9 Å². The lowest BCUT2D eigenvalue weighted by Gasteiger charge is -2.07. The predicted octanol–water partition coefficient (Wildman–Crippen LogP) is -0.318. The molecule has 0 aliphatic heterocycles. The average molecular weight is 230 g/mol. The minimum absolute atomic E-state index is 0.0574. The summed E-state index contributed by atoms with van der Waals surface area (Å²) in [5.74, 6) is 0. The standard InChI is InChI=1S/C10H22N4O2/c1-3-9(13-11-5-7-15)10(4-2)14-12-6-8-16/h11-12,15-16H,3-8H2,1-2H3. The van der Waals surface area contributed by atoms with E-state index in [4.69, 9.17) is 10.2 Å². The number of hydrogen-bond donors (Lipinski definition) is 4. The number of aliphatic hydroxyl groups excluding tert-OH is 2. The SMILES string of the molecule is CCC(=NNCCO)C(CC)=NNCCO. The monoisotopic (exact) mass is 230 g/mol. The van der Waals surface area contributed by atoms with Crippen LogP contribution in [-0.4, -0.2) is 47.9 Å². The van der Waals surface area contributed by atoms with Crippen molar-refractivity contribution < 1.29 is 10.2 Å². The number of nitrogens with zero attached hydrogens (tertiary/aromatic N) is 2. The zero-order chi connectivity index (χ0) is 12.2. The van der Waals surface area contributed by atoms with Crippen LogP contribution in [0.4, 0.5) is 0 Å². The second kappa shape index (κ2) is 10.4. The van der Waals surface area contributed by atoms with Crippen LogP contribution in [-0.2, 0) is 0 Å².